The molecule has 0 radical (unpaired) electrons. The van der Waals surface area contributed by atoms with Crippen LogP contribution in [0.3, 0.4) is 0 Å². The molecule has 20 heavy (non-hydrogen) atoms. The topological polar surface area (TPSA) is 46.2 Å². The number of aliphatic hydroxyl groups is 1. The van der Waals surface area contributed by atoms with Crippen LogP contribution in [0.25, 0.3) is 0 Å². The maximum Gasteiger partial charge on any atom is 0.0649 e. The molecule has 0 amide bonds. The molecule has 0 heterocycles. The predicted molar refractivity (Wildman–Crippen MR) is 87.8 cm³/mol. The Morgan fingerprint density at radius 2 is 1.70 bits per heavy atom. The van der Waals surface area contributed by atoms with E-state index in [0.717, 1.165) is 22.9 Å². The average molecular weight is 340 g/mol. The second-order valence-electron chi connectivity index (χ2n) is 5.96. The molecule has 0 bridgehead atoms. The minimum atomic E-state index is -0.322. The summed E-state index contributed by atoms with van der Waals surface area (Å²) in [5, 5.41) is 10.8. The van der Waals surface area contributed by atoms with E-state index in [0.29, 0.717) is 12.5 Å². The molecule has 2 atom stereocenters. The van der Waals surface area contributed by atoms with Crippen molar-refractivity contribution in [2.45, 2.75) is 57.0 Å². The standard InChI is InChI=1S/C17H26BrNO/c18-16-11-7-6-10-14(16)15(12-19)17(20)13-8-4-2-1-3-5-9-13/h6-7,10-11,13,15,17,20H,1-5,8-9,12,19H2. The fourth-order valence-electron chi connectivity index (χ4n) is 3.38. The molecule has 2 rings (SSSR count). The zero-order valence-electron chi connectivity index (χ0n) is 12.1. The summed E-state index contributed by atoms with van der Waals surface area (Å²) in [5.74, 6) is 0.436. The summed E-state index contributed by atoms with van der Waals surface area (Å²) < 4.78 is 1.06. The van der Waals surface area contributed by atoms with Gasteiger partial charge in [0.15, 0.2) is 0 Å². The molecule has 2 nitrogen and oxygen atoms in total. The zero-order valence-corrected chi connectivity index (χ0v) is 13.7. The molecule has 112 valence electrons. The molecule has 1 aliphatic rings. The first-order chi connectivity index (χ1) is 9.74. The van der Waals surface area contributed by atoms with Gasteiger partial charge in [-0.05, 0) is 30.4 Å². The minimum absolute atomic E-state index is 0.0370. The third-order valence-electron chi connectivity index (χ3n) is 4.60. The van der Waals surface area contributed by atoms with E-state index in [2.05, 4.69) is 22.0 Å². The van der Waals surface area contributed by atoms with Crippen LogP contribution in [0.15, 0.2) is 28.7 Å². The molecule has 0 aromatic heterocycles. The summed E-state index contributed by atoms with van der Waals surface area (Å²) in [7, 11) is 0. The number of nitrogens with two attached hydrogens (primary N) is 1. The molecule has 0 aliphatic heterocycles. The number of hydrogen-bond acceptors (Lipinski definition) is 2. The molecule has 1 fully saturated rings. The van der Waals surface area contributed by atoms with E-state index in [1.165, 1.54) is 32.1 Å². The smallest absolute Gasteiger partial charge is 0.0649 e. The molecule has 0 saturated heterocycles. The third-order valence-corrected chi connectivity index (χ3v) is 5.33. The monoisotopic (exact) mass is 339 g/mol. The Morgan fingerprint density at radius 1 is 1.10 bits per heavy atom. The van der Waals surface area contributed by atoms with Crippen molar-refractivity contribution in [3.05, 3.63) is 34.3 Å². The normalized spacial score (nSPS) is 20.9. The Kier molecular flexibility index (Phi) is 6.53. The minimum Gasteiger partial charge on any atom is -0.392 e. The average Bonchev–Trinajstić information content (AvgIpc) is 2.41. The maximum atomic E-state index is 10.8. The Hall–Kier alpha value is -0.380. The highest BCUT2D eigenvalue weighted by atomic mass is 79.9. The Balaban J connectivity index is 2.11. The van der Waals surface area contributed by atoms with Crippen LogP contribution in [0.4, 0.5) is 0 Å². The number of rotatable bonds is 4. The first-order valence-electron chi connectivity index (χ1n) is 7.86. The van der Waals surface area contributed by atoms with Crippen molar-refractivity contribution in [2.24, 2.45) is 11.7 Å². The van der Waals surface area contributed by atoms with Crippen LogP contribution in [0, 0.1) is 5.92 Å². The van der Waals surface area contributed by atoms with E-state index in [9.17, 15) is 5.11 Å². The third kappa shape index (κ3) is 4.06. The summed E-state index contributed by atoms with van der Waals surface area (Å²) in [4.78, 5) is 0. The van der Waals surface area contributed by atoms with Gasteiger partial charge in [-0.2, -0.15) is 0 Å². The largest absolute Gasteiger partial charge is 0.392 e. The Morgan fingerprint density at radius 3 is 2.30 bits per heavy atom. The lowest BCUT2D eigenvalue weighted by molar-refractivity contribution is 0.0678. The first-order valence-corrected chi connectivity index (χ1v) is 8.66. The fourth-order valence-corrected chi connectivity index (χ4v) is 3.96. The van der Waals surface area contributed by atoms with E-state index < -0.39 is 0 Å². The fraction of sp³-hybridized carbons (Fsp3) is 0.647. The van der Waals surface area contributed by atoms with Crippen LogP contribution in [-0.4, -0.2) is 17.8 Å². The van der Waals surface area contributed by atoms with Crippen LogP contribution >= 0.6 is 15.9 Å². The van der Waals surface area contributed by atoms with E-state index in [-0.39, 0.29) is 12.0 Å². The van der Waals surface area contributed by atoms with Gasteiger partial charge in [-0.1, -0.05) is 66.2 Å². The molecule has 3 heteroatoms. The second kappa shape index (κ2) is 8.16. The first kappa shape index (κ1) is 16.0. The molecule has 0 spiro atoms. The van der Waals surface area contributed by atoms with Crippen molar-refractivity contribution in [3.63, 3.8) is 0 Å². The van der Waals surface area contributed by atoms with Crippen LogP contribution in [0.2, 0.25) is 0 Å². The van der Waals surface area contributed by atoms with Gasteiger partial charge >= 0.3 is 0 Å². The lowest BCUT2D eigenvalue weighted by Gasteiger charge is -2.31. The van der Waals surface area contributed by atoms with Crippen LogP contribution in [0.1, 0.15) is 56.4 Å². The van der Waals surface area contributed by atoms with Crippen molar-refractivity contribution in [1.29, 1.82) is 0 Å². The zero-order chi connectivity index (χ0) is 14.4. The van der Waals surface area contributed by atoms with Crippen LogP contribution in [-0.2, 0) is 0 Å². The SMILES string of the molecule is NCC(c1ccccc1Br)C(O)C1CCCCCCC1. The van der Waals surface area contributed by atoms with E-state index in [1.807, 2.05) is 18.2 Å². The highest BCUT2D eigenvalue weighted by molar-refractivity contribution is 9.10. The van der Waals surface area contributed by atoms with Gasteiger partial charge in [-0.25, -0.2) is 0 Å². The summed E-state index contributed by atoms with van der Waals surface area (Å²) >= 11 is 3.59. The van der Waals surface area contributed by atoms with Crippen molar-refractivity contribution >= 4 is 15.9 Å². The predicted octanol–water partition coefficient (Wildman–Crippen LogP) is 4.21. The van der Waals surface area contributed by atoms with Gasteiger partial charge in [0.1, 0.15) is 0 Å². The molecule has 1 saturated carbocycles. The van der Waals surface area contributed by atoms with Crippen molar-refractivity contribution in [3.8, 4) is 0 Å². The second-order valence-corrected chi connectivity index (χ2v) is 6.81. The van der Waals surface area contributed by atoms with Gasteiger partial charge in [0.05, 0.1) is 6.10 Å². The molecule has 1 aliphatic carbocycles. The van der Waals surface area contributed by atoms with Crippen LogP contribution < -0.4 is 5.73 Å². The van der Waals surface area contributed by atoms with Gasteiger partial charge < -0.3 is 10.8 Å². The van der Waals surface area contributed by atoms with E-state index >= 15 is 0 Å². The highest BCUT2D eigenvalue weighted by Crippen LogP contribution is 2.34. The van der Waals surface area contributed by atoms with Gasteiger partial charge in [-0.3, -0.25) is 0 Å². The van der Waals surface area contributed by atoms with Crippen molar-refractivity contribution in [1.82, 2.24) is 0 Å². The maximum absolute atomic E-state index is 10.8. The van der Waals surface area contributed by atoms with E-state index in [4.69, 9.17) is 5.73 Å². The van der Waals surface area contributed by atoms with E-state index in [1.54, 1.807) is 0 Å². The summed E-state index contributed by atoms with van der Waals surface area (Å²) in [5.41, 5.74) is 7.11. The Bertz CT molecular complexity index is 402. The summed E-state index contributed by atoms with van der Waals surface area (Å²) in [6.45, 7) is 0.500. The van der Waals surface area contributed by atoms with Gasteiger partial charge in [0.2, 0.25) is 0 Å². The molecule has 2 unspecified atom stereocenters. The number of halogens is 1. The molecule has 1 aromatic rings. The van der Waals surface area contributed by atoms with Crippen molar-refractivity contribution in [2.75, 3.05) is 6.54 Å². The van der Waals surface area contributed by atoms with Gasteiger partial charge in [0, 0.05) is 16.9 Å². The lowest BCUT2D eigenvalue weighted by Crippen LogP contribution is -2.33. The van der Waals surface area contributed by atoms with Gasteiger partial charge in [-0.15, -0.1) is 0 Å². The highest BCUT2D eigenvalue weighted by Gasteiger charge is 2.29. The molecule has 1 aromatic carbocycles. The number of benzene rings is 1. The summed E-state index contributed by atoms with van der Waals surface area (Å²) in [6.07, 6.45) is 8.43. The lowest BCUT2D eigenvalue weighted by atomic mass is 9.79. The number of hydrogen-bond donors (Lipinski definition) is 2. The van der Waals surface area contributed by atoms with Crippen LogP contribution in [0.5, 0.6) is 0 Å². The molecular weight excluding hydrogens is 314 g/mol. The molecular formula is C17H26BrNO. The Labute approximate surface area is 130 Å². The number of aliphatic hydroxyl groups excluding tert-OH is 1. The van der Waals surface area contributed by atoms with Gasteiger partial charge in [0.25, 0.3) is 0 Å². The quantitative estimate of drug-likeness (QED) is 0.862. The van der Waals surface area contributed by atoms with Crippen molar-refractivity contribution < 1.29 is 5.11 Å². The summed E-state index contributed by atoms with van der Waals surface area (Å²) in [6, 6.07) is 8.13. The molecule has 3 N–H and O–H groups in total.